The molecule has 0 saturated carbocycles. The number of nitrogens with zero attached hydrogens (tertiary/aromatic N) is 1. The molecule has 0 fully saturated rings. The van der Waals surface area contributed by atoms with Gasteiger partial charge in [0, 0.05) is 23.8 Å². The zero-order valence-corrected chi connectivity index (χ0v) is 15.9. The van der Waals surface area contributed by atoms with Gasteiger partial charge in [-0.1, -0.05) is 45.9 Å². The summed E-state index contributed by atoms with van der Waals surface area (Å²) in [6.07, 6.45) is 4.73. The highest BCUT2D eigenvalue weighted by atomic mass is 16.4. The minimum atomic E-state index is -1.46. The van der Waals surface area contributed by atoms with Crippen molar-refractivity contribution in [3.05, 3.63) is 58.4 Å². The Morgan fingerprint density at radius 3 is 2.12 bits per heavy atom. The standard InChI is InChI=1S/C21H28BNO2/c1-14-10-18-19(21(4,5)9-8-20(18,2)3)12-15(14)11-17-7-6-16(13-23-17)22(24)25/h6-7,10,12-13,24-25H,8-9,11H2,1-5H3. The molecule has 1 aromatic heterocycles. The summed E-state index contributed by atoms with van der Waals surface area (Å²) in [4.78, 5) is 4.39. The van der Waals surface area contributed by atoms with Crippen molar-refractivity contribution in [2.24, 2.45) is 0 Å². The van der Waals surface area contributed by atoms with Crippen LogP contribution in [0.5, 0.6) is 0 Å². The Bertz CT molecular complexity index is 779. The van der Waals surface area contributed by atoms with Gasteiger partial charge in [-0.3, -0.25) is 4.98 Å². The lowest BCUT2D eigenvalue weighted by Crippen LogP contribution is -2.34. The first-order valence-electron chi connectivity index (χ1n) is 9.06. The molecular weight excluding hydrogens is 309 g/mol. The molecular formula is C21H28BNO2. The fraction of sp³-hybridized carbons (Fsp3) is 0.476. The second-order valence-corrected chi connectivity index (χ2v) is 8.73. The predicted octanol–water partition coefficient (Wildman–Crippen LogP) is 3.01. The van der Waals surface area contributed by atoms with Gasteiger partial charge in [-0.05, 0) is 58.9 Å². The van der Waals surface area contributed by atoms with Crippen molar-refractivity contribution in [1.29, 1.82) is 0 Å². The molecule has 0 aliphatic heterocycles. The van der Waals surface area contributed by atoms with Gasteiger partial charge in [0.15, 0.2) is 0 Å². The molecule has 0 atom stereocenters. The number of hydrogen-bond donors (Lipinski definition) is 2. The van der Waals surface area contributed by atoms with E-state index in [-0.39, 0.29) is 10.8 Å². The van der Waals surface area contributed by atoms with Gasteiger partial charge in [0.2, 0.25) is 0 Å². The molecule has 0 radical (unpaired) electrons. The normalized spacial score (nSPS) is 17.9. The Balaban J connectivity index is 1.98. The lowest BCUT2D eigenvalue weighted by molar-refractivity contribution is 0.331. The summed E-state index contributed by atoms with van der Waals surface area (Å²) in [6, 6.07) is 8.36. The zero-order chi connectivity index (χ0) is 18.4. The molecule has 1 heterocycles. The third-order valence-corrected chi connectivity index (χ3v) is 5.83. The molecule has 3 nitrogen and oxygen atoms in total. The maximum absolute atomic E-state index is 9.20. The highest BCUT2D eigenvalue weighted by Crippen LogP contribution is 2.46. The van der Waals surface area contributed by atoms with Crippen LogP contribution in [-0.2, 0) is 17.3 Å². The fourth-order valence-corrected chi connectivity index (χ4v) is 3.85. The quantitative estimate of drug-likeness (QED) is 0.847. The van der Waals surface area contributed by atoms with E-state index in [1.807, 2.05) is 6.07 Å². The third-order valence-electron chi connectivity index (χ3n) is 5.83. The van der Waals surface area contributed by atoms with Gasteiger partial charge >= 0.3 is 7.12 Å². The molecule has 0 spiro atoms. The van der Waals surface area contributed by atoms with E-state index in [1.165, 1.54) is 35.1 Å². The average Bonchev–Trinajstić information content (AvgIpc) is 2.54. The lowest BCUT2D eigenvalue weighted by atomic mass is 9.62. The van der Waals surface area contributed by atoms with E-state index >= 15 is 0 Å². The van der Waals surface area contributed by atoms with Gasteiger partial charge in [-0.2, -0.15) is 0 Å². The zero-order valence-electron chi connectivity index (χ0n) is 15.9. The second-order valence-electron chi connectivity index (χ2n) is 8.73. The molecule has 132 valence electrons. The summed E-state index contributed by atoms with van der Waals surface area (Å²) in [5, 5.41) is 18.4. The van der Waals surface area contributed by atoms with E-state index in [4.69, 9.17) is 0 Å². The molecule has 1 aliphatic carbocycles. The van der Waals surface area contributed by atoms with E-state index in [0.29, 0.717) is 5.46 Å². The monoisotopic (exact) mass is 337 g/mol. The maximum Gasteiger partial charge on any atom is 0.490 e. The van der Waals surface area contributed by atoms with E-state index in [0.717, 1.165) is 12.1 Å². The van der Waals surface area contributed by atoms with E-state index in [1.54, 1.807) is 12.3 Å². The number of hydrogen-bond acceptors (Lipinski definition) is 3. The van der Waals surface area contributed by atoms with E-state index < -0.39 is 7.12 Å². The molecule has 2 N–H and O–H groups in total. The van der Waals surface area contributed by atoms with Gasteiger partial charge in [-0.25, -0.2) is 0 Å². The van der Waals surface area contributed by atoms with Crippen LogP contribution in [0.25, 0.3) is 0 Å². The summed E-state index contributed by atoms with van der Waals surface area (Å²) in [5.41, 5.74) is 7.35. The topological polar surface area (TPSA) is 53.4 Å². The Hall–Kier alpha value is -1.65. The van der Waals surface area contributed by atoms with Crippen LogP contribution >= 0.6 is 0 Å². The van der Waals surface area contributed by atoms with Gasteiger partial charge in [0.1, 0.15) is 0 Å². The van der Waals surface area contributed by atoms with Crippen molar-refractivity contribution in [3.8, 4) is 0 Å². The lowest BCUT2D eigenvalue weighted by Gasteiger charge is -2.42. The molecule has 0 unspecified atom stereocenters. The number of benzene rings is 1. The van der Waals surface area contributed by atoms with Crippen molar-refractivity contribution in [2.75, 3.05) is 0 Å². The van der Waals surface area contributed by atoms with Crippen LogP contribution < -0.4 is 5.46 Å². The predicted molar refractivity (Wildman–Crippen MR) is 103 cm³/mol. The molecule has 0 amide bonds. The SMILES string of the molecule is Cc1cc2c(cc1Cc1ccc(B(O)O)cn1)C(C)(C)CCC2(C)C. The number of aromatic nitrogens is 1. The highest BCUT2D eigenvalue weighted by Gasteiger charge is 2.37. The largest absolute Gasteiger partial charge is 0.490 e. The number of aryl methyl sites for hydroxylation is 1. The van der Waals surface area contributed by atoms with Gasteiger partial charge in [0.25, 0.3) is 0 Å². The first-order chi connectivity index (χ1) is 11.6. The maximum atomic E-state index is 9.20. The first kappa shape index (κ1) is 18.2. The first-order valence-corrected chi connectivity index (χ1v) is 9.06. The third kappa shape index (κ3) is 3.51. The Labute approximate surface area is 151 Å². The van der Waals surface area contributed by atoms with Crippen LogP contribution in [0.2, 0.25) is 0 Å². The Morgan fingerprint density at radius 1 is 1.00 bits per heavy atom. The second kappa shape index (κ2) is 6.26. The summed E-state index contributed by atoms with van der Waals surface area (Å²) in [7, 11) is -1.46. The number of pyridine rings is 1. The van der Waals surface area contributed by atoms with Crippen molar-refractivity contribution >= 4 is 12.6 Å². The summed E-state index contributed by atoms with van der Waals surface area (Å²) < 4.78 is 0. The van der Waals surface area contributed by atoms with Crippen LogP contribution in [0.3, 0.4) is 0 Å². The van der Waals surface area contributed by atoms with Gasteiger partial charge < -0.3 is 10.0 Å². The van der Waals surface area contributed by atoms with Crippen molar-refractivity contribution < 1.29 is 10.0 Å². The Kier molecular flexibility index (Phi) is 4.55. The summed E-state index contributed by atoms with van der Waals surface area (Å²) >= 11 is 0. The Morgan fingerprint density at radius 2 is 1.60 bits per heavy atom. The molecule has 3 rings (SSSR count). The van der Waals surface area contributed by atoms with Crippen LogP contribution in [0, 0.1) is 6.92 Å². The minimum Gasteiger partial charge on any atom is -0.423 e. The summed E-state index contributed by atoms with van der Waals surface area (Å²) in [5.74, 6) is 0. The van der Waals surface area contributed by atoms with Gasteiger partial charge in [0.05, 0.1) is 0 Å². The van der Waals surface area contributed by atoms with E-state index in [9.17, 15) is 10.0 Å². The van der Waals surface area contributed by atoms with E-state index in [2.05, 4.69) is 51.7 Å². The fourth-order valence-electron chi connectivity index (χ4n) is 3.85. The van der Waals surface area contributed by atoms with Gasteiger partial charge in [-0.15, -0.1) is 0 Å². The van der Waals surface area contributed by atoms with Crippen LogP contribution in [0.1, 0.15) is 68.5 Å². The average molecular weight is 337 g/mol. The van der Waals surface area contributed by atoms with Crippen molar-refractivity contribution in [2.45, 2.75) is 64.7 Å². The highest BCUT2D eigenvalue weighted by molar-refractivity contribution is 6.58. The van der Waals surface area contributed by atoms with Crippen LogP contribution in [0.4, 0.5) is 0 Å². The molecule has 25 heavy (non-hydrogen) atoms. The summed E-state index contributed by atoms with van der Waals surface area (Å²) in [6.45, 7) is 11.6. The van der Waals surface area contributed by atoms with Crippen molar-refractivity contribution in [3.63, 3.8) is 0 Å². The minimum absolute atomic E-state index is 0.200. The van der Waals surface area contributed by atoms with Crippen LogP contribution in [-0.4, -0.2) is 22.2 Å². The molecule has 0 bridgehead atoms. The number of fused-ring (bicyclic) bond motifs is 1. The molecule has 1 aromatic carbocycles. The molecule has 2 aromatic rings. The molecule has 0 saturated heterocycles. The van der Waals surface area contributed by atoms with Crippen LogP contribution in [0.15, 0.2) is 30.5 Å². The molecule has 4 heteroatoms. The smallest absolute Gasteiger partial charge is 0.423 e. The number of rotatable bonds is 3. The van der Waals surface area contributed by atoms with Crippen molar-refractivity contribution in [1.82, 2.24) is 4.98 Å². The molecule has 1 aliphatic rings.